The maximum absolute atomic E-state index is 12.8. The van der Waals surface area contributed by atoms with Crippen LogP contribution in [0.5, 0.6) is 0 Å². The summed E-state index contributed by atoms with van der Waals surface area (Å²) >= 11 is 7.25. The number of para-hydroxylation sites is 1. The Morgan fingerprint density at radius 2 is 2.04 bits per heavy atom. The number of benzene rings is 2. The Morgan fingerprint density at radius 3 is 2.74 bits per heavy atom. The molecular weight excluding hydrogens is 382 g/mol. The Hall–Kier alpha value is -2.57. The third-order valence-electron chi connectivity index (χ3n) is 4.04. The molecule has 0 spiro atoms. The number of hydrogen-bond acceptors (Lipinski definition) is 4. The highest BCUT2D eigenvalue weighted by molar-refractivity contribution is 7.99. The molecular formula is C20H18ClN3O2S. The van der Waals surface area contributed by atoms with Gasteiger partial charge in [0.15, 0.2) is 5.16 Å². The van der Waals surface area contributed by atoms with E-state index in [4.69, 9.17) is 11.6 Å². The molecule has 0 fully saturated rings. The van der Waals surface area contributed by atoms with E-state index in [1.807, 2.05) is 30.3 Å². The van der Waals surface area contributed by atoms with Crippen molar-refractivity contribution >= 4 is 45.9 Å². The lowest BCUT2D eigenvalue weighted by Crippen LogP contribution is -2.29. The first-order valence-corrected chi connectivity index (χ1v) is 9.63. The van der Waals surface area contributed by atoms with Gasteiger partial charge in [0.1, 0.15) is 0 Å². The first-order valence-electron chi connectivity index (χ1n) is 8.26. The van der Waals surface area contributed by atoms with E-state index in [0.29, 0.717) is 27.6 Å². The molecule has 0 bridgehead atoms. The minimum atomic E-state index is -0.178. The van der Waals surface area contributed by atoms with Crippen LogP contribution in [-0.4, -0.2) is 28.3 Å². The fraction of sp³-hybridized carbons (Fsp3) is 0.150. The maximum atomic E-state index is 12.8. The summed E-state index contributed by atoms with van der Waals surface area (Å²) in [6, 6.07) is 14.4. The predicted octanol–water partition coefficient (Wildman–Crippen LogP) is 3.99. The SMILES string of the molecule is C=CCn1c(SCC(=O)N(C)c2ccccc2)nc2cc(Cl)ccc2c1=O. The Labute approximate surface area is 166 Å². The van der Waals surface area contributed by atoms with Crippen molar-refractivity contribution in [3.63, 3.8) is 0 Å². The minimum Gasteiger partial charge on any atom is -0.315 e. The molecule has 27 heavy (non-hydrogen) atoms. The number of carbonyl (C=O) groups excluding carboxylic acids is 1. The van der Waals surface area contributed by atoms with E-state index in [0.717, 1.165) is 5.69 Å². The highest BCUT2D eigenvalue weighted by Crippen LogP contribution is 2.21. The van der Waals surface area contributed by atoms with Gasteiger partial charge in [-0.1, -0.05) is 47.6 Å². The summed E-state index contributed by atoms with van der Waals surface area (Å²) in [4.78, 5) is 31.4. The summed E-state index contributed by atoms with van der Waals surface area (Å²) in [6.45, 7) is 4.02. The van der Waals surface area contributed by atoms with Crippen LogP contribution in [0, 0.1) is 0 Å². The molecule has 1 aromatic heterocycles. The third-order valence-corrected chi connectivity index (χ3v) is 5.23. The smallest absolute Gasteiger partial charge is 0.262 e. The summed E-state index contributed by atoms with van der Waals surface area (Å²) in [7, 11) is 1.72. The van der Waals surface area contributed by atoms with Crippen LogP contribution < -0.4 is 10.5 Å². The second-order valence-corrected chi connectivity index (χ2v) is 7.22. The zero-order valence-electron chi connectivity index (χ0n) is 14.8. The molecule has 0 aliphatic rings. The summed E-state index contributed by atoms with van der Waals surface area (Å²) in [5.74, 6) is 0.0675. The number of hydrogen-bond donors (Lipinski definition) is 0. The lowest BCUT2D eigenvalue weighted by molar-refractivity contribution is -0.115. The molecule has 5 nitrogen and oxygen atoms in total. The van der Waals surface area contributed by atoms with Gasteiger partial charge in [0.05, 0.1) is 16.7 Å². The second-order valence-electron chi connectivity index (χ2n) is 5.84. The minimum absolute atomic E-state index is 0.0863. The fourth-order valence-corrected chi connectivity index (χ4v) is 3.68. The van der Waals surface area contributed by atoms with Crippen molar-refractivity contribution in [2.75, 3.05) is 17.7 Å². The highest BCUT2D eigenvalue weighted by Gasteiger charge is 2.15. The summed E-state index contributed by atoms with van der Waals surface area (Å²) in [5.41, 5.74) is 1.15. The molecule has 1 heterocycles. The van der Waals surface area contributed by atoms with E-state index >= 15 is 0 Å². The van der Waals surface area contributed by atoms with Gasteiger partial charge in [-0.15, -0.1) is 6.58 Å². The molecule has 1 amide bonds. The molecule has 7 heteroatoms. The van der Waals surface area contributed by atoms with Crippen LogP contribution in [0.1, 0.15) is 0 Å². The molecule has 0 unspecified atom stereocenters. The van der Waals surface area contributed by atoms with Crippen LogP contribution in [0.15, 0.2) is 71.1 Å². The summed E-state index contributed by atoms with van der Waals surface area (Å²) in [6.07, 6.45) is 1.63. The summed E-state index contributed by atoms with van der Waals surface area (Å²) in [5, 5.41) is 1.45. The van der Waals surface area contributed by atoms with E-state index in [1.54, 1.807) is 36.2 Å². The van der Waals surface area contributed by atoms with Gasteiger partial charge in [-0.05, 0) is 30.3 Å². The molecule has 0 N–H and O–H groups in total. The Bertz CT molecular complexity index is 1050. The lowest BCUT2D eigenvalue weighted by Gasteiger charge is -2.17. The zero-order chi connectivity index (χ0) is 19.4. The van der Waals surface area contributed by atoms with Gasteiger partial charge < -0.3 is 4.90 Å². The number of allylic oxidation sites excluding steroid dienone is 1. The number of anilines is 1. The Balaban J connectivity index is 1.89. The van der Waals surface area contributed by atoms with Crippen LogP contribution in [0.25, 0.3) is 10.9 Å². The van der Waals surface area contributed by atoms with Gasteiger partial charge in [-0.2, -0.15) is 0 Å². The molecule has 138 valence electrons. The monoisotopic (exact) mass is 399 g/mol. The third kappa shape index (κ3) is 4.23. The van der Waals surface area contributed by atoms with E-state index in [-0.39, 0.29) is 17.2 Å². The number of halogens is 1. The molecule has 3 rings (SSSR count). The van der Waals surface area contributed by atoms with Gasteiger partial charge in [-0.25, -0.2) is 4.98 Å². The average Bonchev–Trinajstić information content (AvgIpc) is 2.68. The van der Waals surface area contributed by atoms with Crippen molar-refractivity contribution in [1.82, 2.24) is 9.55 Å². The standard InChI is InChI=1S/C20H18ClN3O2S/c1-3-11-24-19(26)16-10-9-14(21)12-17(16)22-20(24)27-13-18(25)23(2)15-7-5-4-6-8-15/h3-10,12H,1,11,13H2,2H3. The number of rotatable bonds is 6. The number of carbonyl (C=O) groups is 1. The quantitative estimate of drug-likeness (QED) is 0.357. The molecule has 0 saturated heterocycles. The number of fused-ring (bicyclic) bond motifs is 1. The van der Waals surface area contributed by atoms with Gasteiger partial charge in [-0.3, -0.25) is 14.2 Å². The van der Waals surface area contributed by atoms with E-state index in [9.17, 15) is 9.59 Å². The van der Waals surface area contributed by atoms with E-state index in [2.05, 4.69) is 11.6 Å². The van der Waals surface area contributed by atoms with Crippen LogP contribution in [-0.2, 0) is 11.3 Å². The number of amides is 1. The number of nitrogens with zero attached hydrogens (tertiary/aromatic N) is 3. The largest absolute Gasteiger partial charge is 0.315 e. The van der Waals surface area contributed by atoms with Crippen molar-refractivity contribution in [3.05, 3.63) is 76.6 Å². The highest BCUT2D eigenvalue weighted by atomic mass is 35.5. The van der Waals surface area contributed by atoms with Gasteiger partial charge in [0.2, 0.25) is 5.91 Å². The summed E-state index contributed by atoms with van der Waals surface area (Å²) < 4.78 is 1.52. The van der Waals surface area contributed by atoms with E-state index in [1.165, 1.54) is 16.3 Å². The van der Waals surface area contributed by atoms with Crippen molar-refractivity contribution in [2.24, 2.45) is 0 Å². The first-order chi connectivity index (χ1) is 13.0. The van der Waals surface area contributed by atoms with Gasteiger partial charge in [0.25, 0.3) is 5.56 Å². The normalized spacial score (nSPS) is 10.7. The van der Waals surface area contributed by atoms with Gasteiger partial charge in [0, 0.05) is 24.3 Å². The van der Waals surface area contributed by atoms with Crippen molar-refractivity contribution < 1.29 is 4.79 Å². The molecule has 0 saturated carbocycles. The van der Waals surface area contributed by atoms with Crippen LogP contribution in [0.3, 0.4) is 0 Å². The fourth-order valence-electron chi connectivity index (χ4n) is 2.59. The predicted molar refractivity (Wildman–Crippen MR) is 112 cm³/mol. The molecule has 0 atom stereocenters. The Morgan fingerprint density at radius 1 is 1.30 bits per heavy atom. The lowest BCUT2D eigenvalue weighted by atomic mass is 10.2. The van der Waals surface area contributed by atoms with Crippen molar-refractivity contribution in [3.8, 4) is 0 Å². The first kappa shape index (κ1) is 19.2. The number of thioether (sulfide) groups is 1. The molecule has 2 aromatic carbocycles. The molecule has 0 radical (unpaired) electrons. The van der Waals surface area contributed by atoms with Crippen LogP contribution in [0.4, 0.5) is 5.69 Å². The van der Waals surface area contributed by atoms with Crippen LogP contribution in [0.2, 0.25) is 5.02 Å². The maximum Gasteiger partial charge on any atom is 0.262 e. The molecule has 3 aromatic rings. The second kappa shape index (κ2) is 8.41. The van der Waals surface area contributed by atoms with Crippen molar-refractivity contribution in [2.45, 2.75) is 11.7 Å². The van der Waals surface area contributed by atoms with Gasteiger partial charge >= 0.3 is 0 Å². The topological polar surface area (TPSA) is 55.2 Å². The van der Waals surface area contributed by atoms with Crippen molar-refractivity contribution in [1.29, 1.82) is 0 Å². The molecule has 0 aliphatic heterocycles. The average molecular weight is 400 g/mol. The molecule has 0 aliphatic carbocycles. The Kier molecular flexibility index (Phi) is 5.98. The number of aromatic nitrogens is 2. The van der Waals surface area contributed by atoms with Crippen LogP contribution >= 0.6 is 23.4 Å². The zero-order valence-corrected chi connectivity index (χ0v) is 16.3. The van der Waals surface area contributed by atoms with E-state index < -0.39 is 0 Å².